The summed E-state index contributed by atoms with van der Waals surface area (Å²) in [6.45, 7) is 1.03. The maximum absolute atomic E-state index is 12.6. The lowest BCUT2D eigenvalue weighted by Crippen LogP contribution is -2.42. The van der Waals surface area contributed by atoms with E-state index in [0.717, 1.165) is 5.56 Å². The van der Waals surface area contributed by atoms with Crippen molar-refractivity contribution in [2.45, 2.75) is 12.8 Å². The Kier molecular flexibility index (Phi) is 6.48. The summed E-state index contributed by atoms with van der Waals surface area (Å²) in [4.78, 5) is 26.6. The van der Waals surface area contributed by atoms with Crippen molar-refractivity contribution in [3.8, 4) is 0 Å². The van der Waals surface area contributed by atoms with Gasteiger partial charge in [0.2, 0.25) is 5.91 Å². The van der Waals surface area contributed by atoms with Gasteiger partial charge in [0, 0.05) is 24.0 Å². The van der Waals surface area contributed by atoms with Crippen LogP contribution in [0.3, 0.4) is 0 Å². The lowest BCUT2D eigenvalue weighted by Gasteiger charge is -2.31. The minimum absolute atomic E-state index is 0.0987. The van der Waals surface area contributed by atoms with Gasteiger partial charge < -0.3 is 4.90 Å². The fourth-order valence-corrected chi connectivity index (χ4v) is 3.41. The molecule has 3 rings (SSSR count). The number of nitrogens with one attached hydrogen (secondary N) is 1. The maximum Gasteiger partial charge on any atom is 0.255 e. The molecule has 1 heterocycles. The molecule has 0 bridgehead atoms. The number of hydrogen-bond acceptors (Lipinski definition) is 3. The number of likely N-dealkylation sites (tertiary alicyclic amines) is 1. The summed E-state index contributed by atoms with van der Waals surface area (Å²) >= 11 is 12.0. The van der Waals surface area contributed by atoms with Crippen LogP contribution in [0.2, 0.25) is 10.0 Å². The number of benzene rings is 2. The summed E-state index contributed by atoms with van der Waals surface area (Å²) in [5.41, 5.74) is 3.87. The molecule has 0 aliphatic carbocycles. The van der Waals surface area contributed by atoms with E-state index in [1.54, 1.807) is 47.5 Å². The minimum Gasteiger partial charge on any atom is -0.339 e. The number of piperidine rings is 1. The van der Waals surface area contributed by atoms with Crippen molar-refractivity contribution < 1.29 is 9.59 Å². The first-order valence-corrected chi connectivity index (χ1v) is 9.42. The molecule has 0 spiro atoms. The highest BCUT2D eigenvalue weighted by atomic mass is 35.5. The first-order chi connectivity index (χ1) is 13.0. The van der Waals surface area contributed by atoms with Gasteiger partial charge in [0.1, 0.15) is 0 Å². The van der Waals surface area contributed by atoms with Gasteiger partial charge in [0.25, 0.3) is 5.91 Å². The van der Waals surface area contributed by atoms with Crippen molar-refractivity contribution in [3.63, 3.8) is 0 Å². The summed E-state index contributed by atoms with van der Waals surface area (Å²) in [5, 5.41) is 5.04. The van der Waals surface area contributed by atoms with E-state index in [0.29, 0.717) is 41.5 Å². The van der Waals surface area contributed by atoms with Crippen LogP contribution in [-0.4, -0.2) is 36.0 Å². The van der Waals surface area contributed by atoms with Gasteiger partial charge in [-0.25, -0.2) is 5.43 Å². The molecule has 0 radical (unpaired) electrons. The summed E-state index contributed by atoms with van der Waals surface area (Å²) < 4.78 is 0. The second-order valence-electron chi connectivity index (χ2n) is 6.34. The van der Waals surface area contributed by atoms with Gasteiger partial charge >= 0.3 is 0 Å². The number of carbonyl (C=O) groups is 2. The monoisotopic (exact) mass is 403 g/mol. The lowest BCUT2D eigenvalue weighted by atomic mass is 9.95. The summed E-state index contributed by atoms with van der Waals surface area (Å²) in [7, 11) is 0. The van der Waals surface area contributed by atoms with Crippen molar-refractivity contribution >= 4 is 41.2 Å². The number of hydrogen-bond donors (Lipinski definition) is 1. The molecule has 2 aromatic carbocycles. The van der Waals surface area contributed by atoms with Crippen molar-refractivity contribution in [2.75, 3.05) is 13.1 Å². The molecule has 5 nitrogen and oxygen atoms in total. The van der Waals surface area contributed by atoms with Gasteiger partial charge in [-0.05, 0) is 42.7 Å². The second kappa shape index (κ2) is 9.02. The van der Waals surface area contributed by atoms with Crippen LogP contribution >= 0.6 is 23.2 Å². The number of amides is 2. The Hall–Kier alpha value is -2.37. The van der Waals surface area contributed by atoms with Crippen LogP contribution < -0.4 is 5.43 Å². The van der Waals surface area contributed by atoms with Crippen LogP contribution in [0, 0.1) is 5.92 Å². The van der Waals surface area contributed by atoms with Crippen molar-refractivity contribution in [2.24, 2.45) is 11.0 Å². The number of hydrazone groups is 1. The predicted molar refractivity (Wildman–Crippen MR) is 107 cm³/mol. The van der Waals surface area contributed by atoms with Gasteiger partial charge in [-0.2, -0.15) is 5.10 Å². The van der Waals surface area contributed by atoms with Gasteiger partial charge in [-0.1, -0.05) is 47.5 Å². The number of rotatable bonds is 4. The maximum atomic E-state index is 12.6. The summed E-state index contributed by atoms with van der Waals surface area (Å²) in [6, 6.07) is 14.2. The zero-order chi connectivity index (χ0) is 19.2. The van der Waals surface area contributed by atoms with Crippen LogP contribution in [0.1, 0.15) is 28.8 Å². The average Bonchev–Trinajstić information content (AvgIpc) is 2.68. The molecule has 7 heteroatoms. The van der Waals surface area contributed by atoms with E-state index in [-0.39, 0.29) is 17.7 Å². The molecule has 1 fully saturated rings. The molecular weight excluding hydrogens is 385 g/mol. The second-order valence-corrected chi connectivity index (χ2v) is 7.18. The summed E-state index contributed by atoms with van der Waals surface area (Å²) in [5.74, 6) is -0.409. The molecule has 1 N–H and O–H groups in total. The smallest absolute Gasteiger partial charge is 0.255 e. The Morgan fingerprint density at radius 2 is 1.81 bits per heavy atom. The van der Waals surface area contributed by atoms with Crippen molar-refractivity contribution in [1.82, 2.24) is 10.3 Å². The number of carbonyl (C=O) groups excluding carboxylic acids is 2. The van der Waals surface area contributed by atoms with Crippen LogP contribution in [0.15, 0.2) is 53.6 Å². The van der Waals surface area contributed by atoms with Crippen LogP contribution in [0.4, 0.5) is 0 Å². The third-order valence-corrected chi connectivity index (χ3v) is 5.06. The highest BCUT2D eigenvalue weighted by Gasteiger charge is 2.28. The molecule has 0 aromatic heterocycles. The topological polar surface area (TPSA) is 61.8 Å². The third-order valence-electron chi connectivity index (χ3n) is 4.49. The Labute approximate surface area is 168 Å². The van der Waals surface area contributed by atoms with E-state index in [4.69, 9.17) is 23.2 Å². The molecule has 0 saturated carbocycles. The molecule has 140 valence electrons. The Bertz CT molecular complexity index is 862. The van der Waals surface area contributed by atoms with E-state index in [2.05, 4.69) is 10.5 Å². The predicted octanol–water partition coefficient (Wildman–Crippen LogP) is 4.00. The molecule has 0 unspecified atom stereocenters. The SMILES string of the molecule is O=C(N/N=C\c1cccc(Cl)c1)C1CCN(C(=O)c2ccccc2Cl)CC1. The van der Waals surface area contributed by atoms with Crippen LogP contribution in [0.5, 0.6) is 0 Å². The van der Waals surface area contributed by atoms with Gasteiger partial charge in [0.15, 0.2) is 0 Å². The van der Waals surface area contributed by atoms with Gasteiger partial charge in [-0.15, -0.1) is 0 Å². The molecule has 1 aliphatic heterocycles. The quantitative estimate of drug-likeness (QED) is 0.619. The third kappa shape index (κ3) is 5.08. The molecule has 0 atom stereocenters. The lowest BCUT2D eigenvalue weighted by molar-refractivity contribution is -0.126. The average molecular weight is 404 g/mol. The molecule has 27 heavy (non-hydrogen) atoms. The summed E-state index contributed by atoms with van der Waals surface area (Å²) in [6.07, 6.45) is 2.74. The minimum atomic E-state index is -0.170. The fraction of sp³-hybridized carbons (Fsp3) is 0.250. The molecule has 2 aromatic rings. The Balaban J connectivity index is 1.50. The zero-order valence-electron chi connectivity index (χ0n) is 14.6. The van der Waals surface area contributed by atoms with E-state index >= 15 is 0 Å². The van der Waals surface area contributed by atoms with E-state index in [1.807, 2.05) is 12.1 Å². The molecule has 2 amide bonds. The highest BCUT2D eigenvalue weighted by Crippen LogP contribution is 2.22. The molecule has 1 saturated heterocycles. The molecular formula is C20H19Cl2N3O2. The molecule has 1 aliphatic rings. The van der Waals surface area contributed by atoms with Gasteiger partial charge in [0.05, 0.1) is 16.8 Å². The first kappa shape index (κ1) is 19.4. The number of nitrogens with zero attached hydrogens (tertiary/aromatic N) is 2. The number of halogens is 2. The van der Waals surface area contributed by atoms with Crippen LogP contribution in [0.25, 0.3) is 0 Å². The Morgan fingerprint density at radius 1 is 1.07 bits per heavy atom. The van der Waals surface area contributed by atoms with E-state index in [1.165, 1.54) is 0 Å². The highest BCUT2D eigenvalue weighted by molar-refractivity contribution is 6.33. The first-order valence-electron chi connectivity index (χ1n) is 8.67. The van der Waals surface area contributed by atoms with Crippen LogP contribution in [-0.2, 0) is 4.79 Å². The zero-order valence-corrected chi connectivity index (χ0v) is 16.1. The van der Waals surface area contributed by atoms with E-state index < -0.39 is 0 Å². The fourth-order valence-electron chi connectivity index (χ4n) is 3.00. The van der Waals surface area contributed by atoms with Crippen molar-refractivity contribution in [3.05, 3.63) is 69.7 Å². The normalized spacial score (nSPS) is 15.1. The van der Waals surface area contributed by atoms with Crippen molar-refractivity contribution in [1.29, 1.82) is 0 Å². The largest absolute Gasteiger partial charge is 0.339 e. The van der Waals surface area contributed by atoms with Gasteiger partial charge in [-0.3, -0.25) is 9.59 Å². The Morgan fingerprint density at radius 3 is 2.52 bits per heavy atom. The standard InChI is InChI=1S/C20H19Cl2N3O2/c21-16-5-3-4-14(12-16)13-23-24-19(26)15-8-10-25(11-9-15)20(27)17-6-1-2-7-18(17)22/h1-7,12-13,15H,8-11H2,(H,24,26)/b23-13-. The van der Waals surface area contributed by atoms with E-state index in [9.17, 15) is 9.59 Å².